The molecule has 0 bridgehead atoms. The highest BCUT2D eigenvalue weighted by Gasteiger charge is 2.22. The van der Waals surface area contributed by atoms with Crippen molar-refractivity contribution in [2.24, 2.45) is 0 Å². The molecule has 2 rings (SSSR count). The van der Waals surface area contributed by atoms with E-state index in [1.165, 1.54) is 5.69 Å². The van der Waals surface area contributed by atoms with Crippen LogP contribution in [0.25, 0.3) is 0 Å². The number of carbonyl (C=O) groups excluding carboxylic acids is 1. The monoisotopic (exact) mass is 278 g/mol. The van der Waals surface area contributed by atoms with Crippen LogP contribution in [-0.2, 0) is 24.3 Å². The number of hydrogen-bond donors (Lipinski definition) is 2. The first-order chi connectivity index (χ1) is 9.72. The van der Waals surface area contributed by atoms with Crippen LogP contribution in [0.3, 0.4) is 0 Å². The molecule has 1 amide bonds. The second-order valence-corrected chi connectivity index (χ2v) is 5.42. The van der Waals surface area contributed by atoms with Crippen LogP contribution in [-0.4, -0.2) is 28.3 Å². The summed E-state index contributed by atoms with van der Waals surface area (Å²) in [5.74, 6) is 0.196. The summed E-state index contributed by atoms with van der Waals surface area (Å²) in [6.07, 6.45) is 4.80. The van der Waals surface area contributed by atoms with E-state index in [0.717, 1.165) is 51.0 Å². The number of amides is 1. The molecule has 0 aliphatic heterocycles. The predicted octanol–water partition coefficient (Wildman–Crippen LogP) is 1.61. The maximum Gasteiger partial charge on any atom is 0.220 e. The van der Waals surface area contributed by atoms with E-state index in [1.54, 1.807) is 0 Å². The fourth-order valence-electron chi connectivity index (χ4n) is 2.22. The number of nitrogens with zero attached hydrogens (tertiary/aromatic N) is 2. The fraction of sp³-hybridized carbons (Fsp3) is 0.733. The van der Waals surface area contributed by atoms with Gasteiger partial charge in [-0.25, -0.2) is 0 Å². The van der Waals surface area contributed by atoms with E-state index >= 15 is 0 Å². The highest BCUT2D eigenvalue weighted by atomic mass is 16.1. The van der Waals surface area contributed by atoms with Gasteiger partial charge in [0.1, 0.15) is 0 Å². The first-order valence-corrected chi connectivity index (χ1v) is 7.78. The third-order valence-corrected chi connectivity index (χ3v) is 3.58. The molecule has 5 nitrogen and oxygen atoms in total. The molecule has 0 radical (unpaired) electrons. The topological polar surface area (TPSA) is 59.0 Å². The van der Waals surface area contributed by atoms with Crippen molar-refractivity contribution in [2.45, 2.75) is 65.1 Å². The van der Waals surface area contributed by atoms with Gasteiger partial charge in [0.2, 0.25) is 5.91 Å². The molecule has 1 aromatic rings. The zero-order chi connectivity index (χ0) is 14.4. The zero-order valence-electron chi connectivity index (χ0n) is 12.6. The summed E-state index contributed by atoms with van der Waals surface area (Å²) >= 11 is 0. The molecule has 112 valence electrons. The molecule has 0 saturated heterocycles. The Morgan fingerprint density at radius 3 is 2.90 bits per heavy atom. The average Bonchev–Trinajstić information content (AvgIpc) is 3.16. The van der Waals surface area contributed by atoms with Crippen molar-refractivity contribution in [3.05, 3.63) is 17.5 Å². The van der Waals surface area contributed by atoms with Crippen LogP contribution in [0, 0.1) is 0 Å². The largest absolute Gasteiger partial charge is 0.353 e. The van der Waals surface area contributed by atoms with E-state index < -0.39 is 0 Å². The Hall–Kier alpha value is -1.36. The summed E-state index contributed by atoms with van der Waals surface area (Å²) in [6, 6.07) is 2.64. The molecule has 5 heteroatoms. The lowest BCUT2D eigenvalue weighted by atomic mass is 10.2. The van der Waals surface area contributed by atoms with E-state index in [4.69, 9.17) is 0 Å². The minimum Gasteiger partial charge on any atom is -0.353 e. The Bertz CT molecular complexity index is 437. The molecule has 20 heavy (non-hydrogen) atoms. The molecule has 2 N–H and O–H groups in total. The summed E-state index contributed by atoms with van der Waals surface area (Å²) in [7, 11) is 0. The van der Waals surface area contributed by atoms with Gasteiger partial charge in [-0.3, -0.25) is 9.48 Å². The summed E-state index contributed by atoms with van der Waals surface area (Å²) in [5, 5.41) is 10.9. The summed E-state index contributed by atoms with van der Waals surface area (Å²) in [5.41, 5.74) is 2.37. The number of hydrogen-bond acceptors (Lipinski definition) is 3. The second-order valence-electron chi connectivity index (χ2n) is 5.42. The lowest BCUT2D eigenvalue weighted by Gasteiger charge is -2.07. The molecule has 1 aromatic heterocycles. The zero-order valence-corrected chi connectivity index (χ0v) is 12.6. The lowest BCUT2D eigenvalue weighted by molar-refractivity contribution is -0.121. The Labute approximate surface area is 121 Å². The van der Waals surface area contributed by atoms with Gasteiger partial charge in [-0.1, -0.05) is 6.92 Å². The van der Waals surface area contributed by atoms with Crippen LogP contribution >= 0.6 is 0 Å². The van der Waals surface area contributed by atoms with Gasteiger partial charge >= 0.3 is 0 Å². The molecule has 1 aliphatic rings. The quantitative estimate of drug-likeness (QED) is 0.675. The molecule has 0 unspecified atom stereocenters. The van der Waals surface area contributed by atoms with Gasteiger partial charge in [-0.05, 0) is 45.2 Å². The maximum atomic E-state index is 11.5. The van der Waals surface area contributed by atoms with Gasteiger partial charge in [0.05, 0.1) is 11.4 Å². The van der Waals surface area contributed by atoms with Gasteiger partial charge in [-0.15, -0.1) is 0 Å². The van der Waals surface area contributed by atoms with Crippen LogP contribution in [0.15, 0.2) is 6.07 Å². The van der Waals surface area contributed by atoms with Gasteiger partial charge in [0, 0.05) is 25.6 Å². The molecule has 0 aromatic carbocycles. The van der Waals surface area contributed by atoms with E-state index in [2.05, 4.69) is 35.6 Å². The van der Waals surface area contributed by atoms with E-state index in [-0.39, 0.29) is 5.91 Å². The Kier molecular flexibility index (Phi) is 5.59. The highest BCUT2D eigenvalue weighted by molar-refractivity contribution is 5.76. The molecule has 1 fully saturated rings. The maximum absolute atomic E-state index is 11.5. The van der Waals surface area contributed by atoms with Gasteiger partial charge in [0.15, 0.2) is 0 Å². The molecule has 1 saturated carbocycles. The second kappa shape index (κ2) is 7.43. The average molecular weight is 278 g/mol. The van der Waals surface area contributed by atoms with Crippen molar-refractivity contribution in [1.29, 1.82) is 0 Å². The third kappa shape index (κ3) is 4.63. The third-order valence-electron chi connectivity index (χ3n) is 3.58. The number of carbonyl (C=O) groups is 1. The smallest absolute Gasteiger partial charge is 0.220 e. The van der Waals surface area contributed by atoms with Crippen molar-refractivity contribution < 1.29 is 4.79 Å². The first kappa shape index (κ1) is 15.0. The minimum atomic E-state index is 0.196. The van der Waals surface area contributed by atoms with E-state index in [1.807, 2.05) is 4.68 Å². The number of rotatable bonds is 9. The van der Waals surface area contributed by atoms with Crippen LogP contribution in [0.2, 0.25) is 0 Å². The van der Waals surface area contributed by atoms with Crippen molar-refractivity contribution >= 4 is 5.91 Å². The lowest BCUT2D eigenvalue weighted by Crippen LogP contribution is -2.26. The summed E-state index contributed by atoms with van der Waals surface area (Å²) < 4.78 is 2.05. The molecule has 0 atom stereocenters. The molecular formula is C15H26N4O. The van der Waals surface area contributed by atoms with Crippen molar-refractivity contribution in [2.75, 3.05) is 6.54 Å². The Morgan fingerprint density at radius 2 is 2.25 bits per heavy atom. The molecule has 1 aliphatic carbocycles. The molecule has 0 spiro atoms. The number of nitrogens with one attached hydrogen (secondary N) is 2. The van der Waals surface area contributed by atoms with Gasteiger partial charge in [-0.2, -0.15) is 5.10 Å². The van der Waals surface area contributed by atoms with Gasteiger partial charge in [0.25, 0.3) is 0 Å². The molecule has 1 heterocycles. The van der Waals surface area contributed by atoms with Crippen molar-refractivity contribution in [1.82, 2.24) is 20.4 Å². The van der Waals surface area contributed by atoms with Crippen LogP contribution < -0.4 is 10.6 Å². The standard InChI is InChI=1S/C15H26N4O/c1-3-12-10-14(19(4-2)18-12)11-16-9-5-6-15(20)17-13-7-8-13/h10,13,16H,3-9,11H2,1-2H3,(H,17,20). The normalized spacial score (nSPS) is 14.5. The first-order valence-electron chi connectivity index (χ1n) is 7.78. The number of aromatic nitrogens is 2. The Morgan fingerprint density at radius 1 is 1.45 bits per heavy atom. The van der Waals surface area contributed by atoms with Crippen LogP contribution in [0.5, 0.6) is 0 Å². The number of aryl methyl sites for hydroxylation is 2. The Balaban J connectivity index is 1.62. The van der Waals surface area contributed by atoms with Gasteiger partial charge < -0.3 is 10.6 Å². The van der Waals surface area contributed by atoms with Crippen molar-refractivity contribution in [3.8, 4) is 0 Å². The fourth-order valence-corrected chi connectivity index (χ4v) is 2.22. The van der Waals surface area contributed by atoms with Crippen molar-refractivity contribution in [3.63, 3.8) is 0 Å². The SMILES string of the molecule is CCc1cc(CNCCCC(=O)NC2CC2)n(CC)n1. The molecular weight excluding hydrogens is 252 g/mol. The summed E-state index contributed by atoms with van der Waals surface area (Å²) in [6.45, 7) is 6.83. The summed E-state index contributed by atoms with van der Waals surface area (Å²) in [4.78, 5) is 11.5. The predicted molar refractivity (Wildman–Crippen MR) is 79.4 cm³/mol. The van der Waals surface area contributed by atoms with E-state index in [0.29, 0.717) is 12.5 Å². The highest BCUT2D eigenvalue weighted by Crippen LogP contribution is 2.18. The van der Waals surface area contributed by atoms with E-state index in [9.17, 15) is 4.79 Å². The minimum absolute atomic E-state index is 0.196. The van der Waals surface area contributed by atoms with Crippen LogP contribution in [0.1, 0.15) is 50.9 Å². The van der Waals surface area contributed by atoms with Crippen LogP contribution in [0.4, 0.5) is 0 Å².